The summed E-state index contributed by atoms with van der Waals surface area (Å²) in [5, 5.41) is 1.50. The molecule has 4 heteroatoms. The number of nitrogens with two attached hydrogens (primary N) is 1. The van der Waals surface area contributed by atoms with Crippen LogP contribution in [0.2, 0.25) is 10.0 Å². The lowest BCUT2D eigenvalue weighted by molar-refractivity contribution is 0.406. The third-order valence-electron chi connectivity index (χ3n) is 3.47. The van der Waals surface area contributed by atoms with Gasteiger partial charge in [-0.15, -0.1) is 0 Å². The van der Waals surface area contributed by atoms with E-state index in [4.69, 9.17) is 28.9 Å². The molecule has 1 unspecified atom stereocenters. The average molecular weight is 304 g/mol. The van der Waals surface area contributed by atoms with Crippen LogP contribution < -0.4 is 5.73 Å². The Morgan fingerprint density at radius 3 is 2.72 bits per heavy atom. The van der Waals surface area contributed by atoms with Crippen molar-refractivity contribution in [2.75, 3.05) is 11.5 Å². The highest BCUT2D eigenvalue weighted by atomic mass is 35.5. The fourth-order valence-electron chi connectivity index (χ4n) is 2.48. The Labute approximate surface area is 123 Å². The molecular formula is C14H19Cl2NS. The van der Waals surface area contributed by atoms with E-state index in [2.05, 4.69) is 11.8 Å². The van der Waals surface area contributed by atoms with Crippen molar-refractivity contribution in [2.45, 2.75) is 31.7 Å². The first-order valence-electron chi connectivity index (χ1n) is 6.42. The standard InChI is InChI=1S/C14H19Cl2NS/c15-12-1-2-14(16)11(8-12)9-13(17)7-10-3-5-18-6-4-10/h1-2,8,10,13H,3-7,9,17H2. The molecule has 18 heavy (non-hydrogen) atoms. The monoisotopic (exact) mass is 303 g/mol. The first-order valence-corrected chi connectivity index (χ1v) is 8.33. The number of hydrogen-bond acceptors (Lipinski definition) is 2. The number of thioether (sulfide) groups is 1. The molecule has 0 radical (unpaired) electrons. The van der Waals surface area contributed by atoms with Crippen molar-refractivity contribution >= 4 is 35.0 Å². The Morgan fingerprint density at radius 2 is 2.00 bits per heavy atom. The second kappa shape index (κ2) is 7.04. The van der Waals surface area contributed by atoms with Crippen LogP contribution in [0.5, 0.6) is 0 Å². The SMILES string of the molecule is NC(Cc1cc(Cl)ccc1Cl)CC1CCSCC1. The van der Waals surface area contributed by atoms with E-state index < -0.39 is 0 Å². The molecule has 1 fully saturated rings. The molecule has 1 aliphatic rings. The fraction of sp³-hybridized carbons (Fsp3) is 0.571. The van der Waals surface area contributed by atoms with Gasteiger partial charge in [0.25, 0.3) is 0 Å². The van der Waals surface area contributed by atoms with Crippen molar-refractivity contribution in [2.24, 2.45) is 11.7 Å². The van der Waals surface area contributed by atoms with E-state index in [9.17, 15) is 0 Å². The zero-order chi connectivity index (χ0) is 13.0. The normalized spacial score (nSPS) is 18.8. The highest BCUT2D eigenvalue weighted by molar-refractivity contribution is 7.99. The summed E-state index contributed by atoms with van der Waals surface area (Å²) in [5.41, 5.74) is 7.32. The summed E-state index contributed by atoms with van der Waals surface area (Å²) in [6.07, 6.45) is 4.54. The van der Waals surface area contributed by atoms with E-state index in [1.807, 2.05) is 18.2 Å². The van der Waals surface area contributed by atoms with Gasteiger partial charge in [-0.2, -0.15) is 11.8 Å². The molecule has 2 rings (SSSR count). The first kappa shape index (κ1) is 14.5. The molecule has 0 bridgehead atoms. The van der Waals surface area contributed by atoms with E-state index in [0.29, 0.717) is 0 Å². The van der Waals surface area contributed by atoms with Gasteiger partial charge in [-0.05, 0) is 66.9 Å². The van der Waals surface area contributed by atoms with Crippen molar-refractivity contribution in [3.8, 4) is 0 Å². The predicted octanol–water partition coefficient (Wildman–Crippen LogP) is 4.40. The molecule has 1 aromatic carbocycles. The Kier molecular flexibility index (Phi) is 5.68. The minimum absolute atomic E-state index is 0.189. The molecule has 1 aromatic rings. The van der Waals surface area contributed by atoms with E-state index in [1.165, 1.54) is 24.3 Å². The van der Waals surface area contributed by atoms with Crippen LogP contribution in [-0.4, -0.2) is 17.5 Å². The van der Waals surface area contributed by atoms with Gasteiger partial charge in [0.05, 0.1) is 0 Å². The molecule has 0 amide bonds. The lowest BCUT2D eigenvalue weighted by Gasteiger charge is -2.24. The van der Waals surface area contributed by atoms with Crippen LogP contribution in [0.25, 0.3) is 0 Å². The number of halogens is 2. The van der Waals surface area contributed by atoms with Gasteiger partial charge in [-0.1, -0.05) is 23.2 Å². The minimum atomic E-state index is 0.189. The number of rotatable bonds is 4. The number of hydrogen-bond donors (Lipinski definition) is 1. The molecule has 1 atom stereocenters. The molecule has 0 spiro atoms. The Balaban J connectivity index is 1.89. The van der Waals surface area contributed by atoms with Gasteiger partial charge >= 0.3 is 0 Å². The quantitative estimate of drug-likeness (QED) is 0.892. The average Bonchev–Trinajstić information content (AvgIpc) is 2.35. The lowest BCUT2D eigenvalue weighted by Crippen LogP contribution is -2.27. The summed E-state index contributed by atoms with van der Waals surface area (Å²) in [7, 11) is 0. The molecular weight excluding hydrogens is 285 g/mol. The van der Waals surface area contributed by atoms with Gasteiger partial charge in [0.1, 0.15) is 0 Å². The second-order valence-electron chi connectivity index (χ2n) is 4.99. The van der Waals surface area contributed by atoms with Gasteiger partial charge in [-0.3, -0.25) is 0 Å². The van der Waals surface area contributed by atoms with Crippen LogP contribution in [0.1, 0.15) is 24.8 Å². The van der Waals surface area contributed by atoms with Crippen molar-refractivity contribution in [1.29, 1.82) is 0 Å². The Morgan fingerprint density at radius 1 is 1.28 bits per heavy atom. The van der Waals surface area contributed by atoms with Crippen molar-refractivity contribution in [3.05, 3.63) is 33.8 Å². The highest BCUT2D eigenvalue weighted by Gasteiger charge is 2.17. The van der Waals surface area contributed by atoms with Gasteiger partial charge in [0.2, 0.25) is 0 Å². The minimum Gasteiger partial charge on any atom is -0.327 e. The fourth-order valence-corrected chi connectivity index (χ4v) is 4.07. The maximum absolute atomic E-state index is 6.25. The molecule has 0 aliphatic carbocycles. The Bertz CT molecular complexity index is 391. The molecule has 1 heterocycles. The third-order valence-corrected chi connectivity index (χ3v) is 5.12. The van der Waals surface area contributed by atoms with Crippen molar-refractivity contribution < 1.29 is 0 Å². The smallest absolute Gasteiger partial charge is 0.0439 e. The van der Waals surface area contributed by atoms with Gasteiger partial charge < -0.3 is 5.73 Å². The van der Waals surface area contributed by atoms with Crippen molar-refractivity contribution in [3.63, 3.8) is 0 Å². The largest absolute Gasteiger partial charge is 0.327 e. The molecule has 0 saturated carbocycles. The summed E-state index contributed by atoms with van der Waals surface area (Å²) >= 11 is 14.2. The zero-order valence-corrected chi connectivity index (χ0v) is 12.7. The number of benzene rings is 1. The topological polar surface area (TPSA) is 26.0 Å². The molecule has 0 aromatic heterocycles. The zero-order valence-electron chi connectivity index (χ0n) is 10.4. The summed E-state index contributed by atoms with van der Waals surface area (Å²) < 4.78 is 0. The van der Waals surface area contributed by atoms with E-state index >= 15 is 0 Å². The molecule has 1 saturated heterocycles. The third kappa shape index (κ3) is 4.34. The van der Waals surface area contributed by atoms with Gasteiger partial charge in [0, 0.05) is 16.1 Å². The van der Waals surface area contributed by atoms with E-state index in [1.54, 1.807) is 0 Å². The van der Waals surface area contributed by atoms with Crippen molar-refractivity contribution in [1.82, 2.24) is 0 Å². The van der Waals surface area contributed by atoms with E-state index in [-0.39, 0.29) is 6.04 Å². The molecule has 1 aliphatic heterocycles. The van der Waals surface area contributed by atoms with Crippen LogP contribution in [0.3, 0.4) is 0 Å². The summed E-state index contributed by atoms with van der Waals surface area (Å²) in [4.78, 5) is 0. The lowest BCUT2D eigenvalue weighted by atomic mass is 9.91. The summed E-state index contributed by atoms with van der Waals surface area (Å²) in [5.74, 6) is 3.36. The maximum atomic E-state index is 6.25. The first-order chi connectivity index (χ1) is 8.65. The van der Waals surface area contributed by atoms with E-state index in [0.717, 1.165) is 34.4 Å². The van der Waals surface area contributed by atoms with Crippen LogP contribution in [0.4, 0.5) is 0 Å². The second-order valence-corrected chi connectivity index (χ2v) is 7.06. The highest BCUT2D eigenvalue weighted by Crippen LogP contribution is 2.28. The van der Waals surface area contributed by atoms with Gasteiger partial charge in [-0.25, -0.2) is 0 Å². The maximum Gasteiger partial charge on any atom is 0.0439 e. The molecule has 100 valence electrons. The van der Waals surface area contributed by atoms with Crippen LogP contribution in [-0.2, 0) is 6.42 Å². The van der Waals surface area contributed by atoms with Gasteiger partial charge in [0.15, 0.2) is 0 Å². The predicted molar refractivity (Wildman–Crippen MR) is 82.8 cm³/mol. The molecule has 2 N–H and O–H groups in total. The van der Waals surface area contributed by atoms with Crippen LogP contribution in [0, 0.1) is 5.92 Å². The van der Waals surface area contributed by atoms with Crippen LogP contribution in [0.15, 0.2) is 18.2 Å². The summed E-state index contributed by atoms with van der Waals surface area (Å²) in [6.45, 7) is 0. The van der Waals surface area contributed by atoms with Crippen LogP contribution >= 0.6 is 35.0 Å². The Hall–Kier alpha value is 0.110. The molecule has 1 nitrogen and oxygen atoms in total. The summed E-state index contributed by atoms with van der Waals surface area (Å²) in [6, 6.07) is 5.79.